The number of aryl methyl sites for hydroxylation is 2. The number of rotatable bonds is 2. The summed E-state index contributed by atoms with van der Waals surface area (Å²) < 4.78 is 0. The Balaban J connectivity index is 1.97. The highest BCUT2D eigenvalue weighted by Crippen LogP contribution is 2.27. The van der Waals surface area contributed by atoms with Gasteiger partial charge in [-0.25, -0.2) is 0 Å². The van der Waals surface area contributed by atoms with Gasteiger partial charge < -0.3 is 11.5 Å². The number of hydrogen-bond donors (Lipinski definition) is 2. The smallest absolute Gasteiger partial charge is 0.149 e. The van der Waals surface area contributed by atoms with Crippen molar-refractivity contribution >= 4 is 11.4 Å². The van der Waals surface area contributed by atoms with Gasteiger partial charge in [-0.15, -0.1) is 0 Å². The lowest BCUT2D eigenvalue weighted by Gasteiger charge is -2.32. The van der Waals surface area contributed by atoms with Crippen molar-refractivity contribution in [2.24, 2.45) is 11.5 Å². The van der Waals surface area contributed by atoms with E-state index in [4.69, 9.17) is 11.5 Å². The topological polar surface area (TPSA) is 58.5 Å². The second-order valence-electron chi connectivity index (χ2n) is 5.49. The van der Waals surface area contributed by atoms with E-state index < -0.39 is 0 Å². The van der Waals surface area contributed by atoms with Crippen LogP contribution in [0.4, 0.5) is 11.4 Å². The van der Waals surface area contributed by atoms with Crippen LogP contribution in [0.15, 0.2) is 72.6 Å². The van der Waals surface area contributed by atoms with Gasteiger partial charge in [-0.2, -0.15) is 0 Å². The molecule has 1 aliphatic rings. The van der Waals surface area contributed by atoms with E-state index >= 15 is 0 Å². The first kappa shape index (κ1) is 14.1. The predicted octanol–water partition coefficient (Wildman–Crippen LogP) is 3.15. The monoisotopic (exact) mass is 292 g/mol. The quantitative estimate of drug-likeness (QED) is 0.892. The Labute approximate surface area is 130 Å². The summed E-state index contributed by atoms with van der Waals surface area (Å²) in [7, 11) is 0. The molecule has 3 rings (SSSR count). The summed E-state index contributed by atoms with van der Waals surface area (Å²) in [6.45, 7) is 4.11. The predicted molar refractivity (Wildman–Crippen MR) is 91.9 cm³/mol. The first-order chi connectivity index (χ1) is 10.6. The summed E-state index contributed by atoms with van der Waals surface area (Å²) in [5.74, 6) is 1.05. The fraction of sp³-hybridized carbons (Fsp3) is 0.111. The molecule has 0 fully saturated rings. The van der Waals surface area contributed by atoms with E-state index in [1.807, 2.05) is 46.5 Å². The van der Waals surface area contributed by atoms with E-state index in [-0.39, 0.29) is 0 Å². The second-order valence-corrected chi connectivity index (χ2v) is 5.49. The van der Waals surface area contributed by atoms with Crippen LogP contribution in [0.5, 0.6) is 0 Å². The Morgan fingerprint density at radius 2 is 1.09 bits per heavy atom. The van der Waals surface area contributed by atoms with Crippen molar-refractivity contribution in [3.8, 4) is 0 Å². The van der Waals surface area contributed by atoms with Crippen molar-refractivity contribution in [1.82, 2.24) is 0 Å². The number of benzene rings is 2. The van der Waals surface area contributed by atoms with Crippen LogP contribution < -0.4 is 21.3 Å². The van der Waals surface area contributed by atoms with Crippen LogP contribution in [0, 0.1) is 13.8 Å². The van der Waals surface area contributed by atoms with Crippen LogP contribution in [0.25, 0.3) is 0 Å². The lowest BCUT2D eigenvalue weighted by Crippen LogP contribution is -2.37. The first-order valence-corrected chi connectivity index (χ1v) is 7.21. The molecule has 4 heteroatoms. The summed E-state index contributed by atoms with van der Waals surface area (Å²) in [5.41, 5.74) is 16.9. The Hall–Kier alpha value is -2.88. The molecule has 0 atom stereocenters. The molecule has 0 unspecified atom stereocenters. The molecule has 4 nitrogen and oxygen atoms in total. The van der Waals surface area contributed by atoms with Gasteiger partial charge in [0.25, 0.3) is 0 Å². The van der Waals surface area contributed by atoms with E-state index in [2.05, 4.69) is 38.1 Å². The van der Waals surface area contributed by atoms with Gasteiger partial charge in [0.15, 0.2) is 0 Å². The molecule has 1 aliphatic heterocycles. The number of anilines is 2. The maximum absolute atomic E-state index is 6.26. The van der Waals surface area contributed by atoms with E-state index in [0.717, 1.165) is 11.4 Å². The van der Waals surface area contributed by atoms with Crippen LogP contribution >= 0.6 is 0 Å². The van der Waals surface area contributed by atoms with Crippen LogP contribution in [-0.2, 0) is 0 Å². The van der Waals surface area contributed by atoms with Crippen molar-refractivity contribution in [2.75, 3.05) is 9.80 Å². The average Bonchev–Trinajstić information content (AvgIpc) is 2.50. The van der Waals surface area contributed by atoms with Gasteiger partial charge in [0.2, 0.25) is 0 Å². The first-order valence-electron chi connectivity index (χ1n) is 7.21. The average molecular weight is 292 g/mol. The van der Waals surface area contributed by atoms with Crippen LogP contribution in [-0.4, -0.2) is 0 Å². The van der Waals surface area contributed by atoms with E-state index in [9.17, 15) is 0 Å². The fourth-order valence-electron chi connectivity index (χ4n) is 2.55. The minimum absolute atomic E-state index is 0.523. The van der Waals surface area contributed by atoms with Crippen LogP contribution in [0.1, 0.15) is 11.1 Å². The molecule has 0 aliphatic carbocycles. The van der Waals surface area contributed by atoms with Crippen LogP contribution in [0.3, 0.4) is 0 Å². The Bertz CT molecular complexity index is 698. The van der Waals surface area contributed by atoms with E-state index in [1.54, 1.807) is 0 Å². The highest BCUT2D eigenvalue weighted by Gasteiger charge is 2.20. The summed E-state index contributed by atoms with van der Waals surface area (Å²) in [5, 5.41) is 0. The lowest BCUT2D eigenvalue weighted by atomic mass is 10.2. The lowest BCUT2D eigenvalue weighted by molar-refractivity contribution is 0.953. The Kier molecular flexibility index (Phi) is 3.51. The molecular formula is C18H20N4. The third-order valence-electron chi connectivity index (χ3n) is 3.71. The molecule has 0 radical (unpaired) electrons. The van der Waals surface area contributed by atoms with Gasteiger partial charge in [-0.3, -0.25) is 9.80 Å². The zero-order valence-electron chi connectivity index (χ0n) is 12.8. The third kappa shape index (κ3) is 2.51. The number of nitrogens with zero attached hydrogens (tertiary/aromatic N) is 2. The van der Waals surface area contributed by atoms with Gasteiger partial charge in [0.05, 0.1) is 0 Å². The van der Waals surface area contributed by atoms with Crippen LogP contribution in [0.2, 0.25) is 0 Å². The summed E-state index contributed by atoms with van der Waals surface area (Å²) in [6, 6.07) is 16.3. The van der Waals surface area contributed by atoms with Crippen molar-refractivity contribution in [2.45, 2.75) is 13.8 Å². The molecule has 0 amide bonds. The number of nitrogens with two attached hydrogens (primary N) is 2. The molecule has 0 spiro atoms. The molecule has 112 valence electrons. The molecule has 0 bridgehead atoms. The molecule has 0 saturated carbocycles. The Morgan fingerprint density at radius 1 is 0.682 bits per heavy atom. The molecule has 1 heterocycles. The molecule has 22 heavy (non-hydrogen) atoms. The van der Waals surface area contributed by atoms with Gasteiger partial charge >= 0.3 is 0 Å². The van der Waals surface area contributed by atoms with Gasteiger partial charge in [0, 0.05) is 23.8 Å². The van der Waals surface area contributed by atoms with Crippen molar-refractivity contribution in [1.29, 1.82) is 0 Å². The summed E-state index contributed by atoms with van der Waals surface area (Å²) >= 11 is 0. The van der Waals surface area contributed by atoms with Gasteiger partial charge in [-0.1, -0.05) is 24.3 Å². The normalized spacial score (nSPS) is 14.6. The standard InChI is InChI=1S/C18H20N4/c1-13-5-3-7-15(11-13)21-9-10-22(18(20)17(21)19)16-8-4-6-14(2)12-16/h3-12H,19-20H2,1-2H3. The highest BCUT2D eigenvalue weighted by atomic mass is 15.3. The largest absolute Gasteiger partial charge is 0.382 e. The summed E-state index contributed by atoms with van der Waals surface area (Å²) in [6.07, 6.45) is 3.87. The van der Waals surface area contributed by atoms with E-state index in [0.29, 0.717) is 11.6 Å². The Morgan fingerprint density at radius 3 is 1.45 bits per heavy atom. The van der Waals surface area contributed by atoms with Crippen molar-refractivity contribution < 1.29 is 0 Å². The minimum atomic E-state index is 0.523. The van der Waals surface area contributed by atoms with Crippen molar-refractivity contribution in [3.63, 3.8) is 0 Å². The second kappa shape index (κ2) is 5.48. The minimum Gasteiger partial charge on any atom is -0.382 e. The zero-order chi connectivity index (χ0) is 15.7. The maximum atomic E-state index is 6.26. The SMILES string of the molecule is Cc1cccc(N2C=CN(c3cccc(C)c3)C(N)=C2N)c1. The van der Waals surface area contributed by atoms with E-state index in [1.165, 1.54) is 11.1 Å². The number of hydrogen-bond acceptors (Lipinski definition) is 4. The highest BCUT2D eigenvalue weighted by molar-refractivity contribution is 5.64. The molecule has 4 N–H and O–H groups in total. The fourth-order valence-corrected chi connectivity index (χ4v) is 2.55. The van der Waals surface area contributed by atoms with Crippen molar-refractivity contribution in [3.05, 3.63) is 83.7 Å². The molecular weight excluding hydrogens is 272 g/mol. The molecule has 0 saturated heterocycles. The van der Waals surface area contributed by atoms with Gasteiger partial charge in [0.1, 0.15) is 11.6 Å². The zero-order valence-corrected chi connectivity index (χ0v) is 12.8. The van der Waals surface area contributed by atoms with Gasteiger partial charge in [-0.05, 0) is 49.2 Å². The molecule has 2 aromatic rings. The summed E-state index contributed by atoms with van der Waals surface area (Å²) in [4.78, 5) is 3.79. The molecule has 0 aromatic heterocycles. The third-order valence-corrected chi connectivity index (χ3v) is 3.71. The molecule has 2 aromatic carbocycles. The maximum Gasteiger partial charge on any atom is 0.149 e.